The molecule has 1 fully saturated rings. The zero-order chi connectivity index (χ0) is 20.6. The first-order valence-corrected chi connectivity index (χ1v) is 10.5. The van der Waals surface area contributed by atoms with E-state index in [-0.39, 0.29) is 17.7 Å². The van der Waals surface area contributed by atoms with Crippen molar-refractivity contribution in [3.8, 4) is 11.4 Å². The zero-order valence-electron chi connectivity index (χ0n) is 17.3. The van der Waals surface area contributed by atoms with Gasteiger partial charge in [-0.05, 0) is 25.2 Å². The molecule has 156 valence electrons. The Bertz CT molecular complexity index is 803. The van der Waals surface area contributed by atoms with E-state index in [1.54, 1.807) is 0 Å². The highest BCUT2D eigenvalue weighted by molar-refractivity contribution is 5.79. The van der Waals surface area contributed by atoms with Crippen molar-refractivity contribution in [2.45, 2.75) is 51.9 Å². The van der Waals surface area contributed by atoms with Gasteiger partial charge in [-0.25, -0.2) is 0 Å². The summed E-state index contributed by atoms with van der Waals surface area (Å²) < 4.78 is 5.56. The minimum atomic E-state index is -0.0245. The van der Waals surface area contributed by atoms with Crippen LogP contribution in [0.4, 0.5) is 0 Å². The van der Waals surface area contributed by atoms with Gasteiger partial charge < -0.3 is 14.7 Å². The molecule has 2 amide bonds. The third-order valence-corrected chi connectivity index (χ3v) is 5.16. The van der Waals surface area contributed by atoms with Crippen LogP contribution in [-0.4, -0.2) is 46.5 Å². The van der Waals surface area contributed by atoms with Crippen LogP contribution in [0.15, 0.2) is 34.9 Å². The van der Waals surface area contributed by atoms with Crippen LogP contribution in [-0.2, 0) is 9.59 Å². The summed E-state index contributed by atoms with van der Waals surface area (Å²) in [6.07, 6.45) is 3.26. The molecule has 0 saturated carbocycles. The second-order valence-corrected chi connectivity index (χ2v) is 8.03. The summed E-state index contributed by atoms with van der Waals surface area (Å²) in [6.45, 7) is 5.75. The van der Waals surface area contributed by atoms with Gasteiger partial charge in [0.05, 0.1) is 0 Å². The SMILES string of the molecule is CC(C)CC(=O)N1CCCC(c2nc(-c3ccccc3)no2)CCNC(=O)CC1. The number of nitrogens with one attached hydrogen (secondary N) is 1. The first-order valence-electron chi connectivity index (χ1n) is 10.5. The van der Waals surface area contributed by atoms with Crippen molar-refractivity contribution >= 4 is 11.8 Å². The number of benzene rings is 1. The third-order valence-electron chi connectivity index (χ3n) is 5.16. The maximum Gasteiger partial charge on any atom is 0.230 e. The predicted molar refractivity (Wildman–Crippen MR) is 110 cm³/mol. The van der Waals surface area contributed by atoms with E-state index in [2.05, 4.69) is 15.5 Å². The predicted octanol–water partition coefficient (Wildman–Crippen LogP) is 3.39. The lowest BCUT2D eigenvalue weighted by atomic mass is 9.99. The minimum Gasteiger partial charge on any atom is -0.356 e. The standard InChI is InChI=1S/C22H30N4O3/c1-16(2)15-20(28)26-13-6-9-18(10-12-23-19(27)11-14-26)22-24-21(25-29-22)17-7-4-3-5-8-17/h3-5,7-8,16,18H,6,9-15H2,1-2H3,(H,23,27). The Labute approximate surface area is 171 Å². The number of rotatable bonds is 4. The average molecular weight is 399 g/mol. The lowest BCUT2D eigenvalue weighted by Gasteiger charge is -2.23. The maximum absolute atomic E-state index is 12.5. The van der Waals surface area contributed by atoms with Crippen molar-refractivity contribution < 1.29 is 14.1 Å². The van der Waals surface area contributed by atoms with Gasteiger partial charge >= 0.3 is 0 Å². The van der Waals surface area contributed by atoms with Crippen LogP contribution in [0.3, 0.4) is 0 Å². The third kappa shape index (κ3) is 6.14. The van der Waals surface area contributed by atoms with Crippen molar-refractivity contribution in [2.24, 2.45) is 5.92 Å². The number of carbonyl (C=O) groups excluding carboxylic acids is 2. The fourth-order valence-electron chi connectivity index (χ4n) is 3.58. The average Bonchev–Trinajstić information content (AvgIpc) is 3.17. The minimum absolute atomic E-state index is 0.0245. The molecule has 1 unspecified atom stereocenters. The molecule has 2 aromatic rings. The molecule has 1 aliphatic rings. The van der Waals surface area contributed by atoms with Crippen LogP contribution in [0, 0.1) is 5.92 Å². The molecule has 1 N–H and O–H groups in total. The van der Waals surface area contributed by atoms with Crippen LogP contribution < -0.4 is 5.32 Å². The molecule has 7 nitrogen and oxygen atoms in total. The number of nitrogens with zero attached hydrogens (tertiary/aromatic N) is 3. The summed E-state index contributed by atoms with van der Waals surface area (Å²) in [7, 11) is 0. The first kappa shape index (κ1) is 21.0. The Morgan fingerprint density at radius 1 is 1.24 bits per heavy atom. The lowest BCUT2D eigenvalue weighted by Crippen LogP contribution is -2.36. The highest BCUT2D eigenvalue weighted by Crippen LogP contribution is 2.26. The van der Waals surface area contributed by atoms with Gasteiger partial charge in [-0.1, -0.05) is 49.3 Å². The Hall–Kier alpha value is -2.70. The van der Waals surface area contributed by atoms with E-state index < -0.39 is 0 Å². The van der Waals surface area contributed by atoms with Crippen molar-refractivity contribution in [1.82, 2.24) is 20.4 Å². The van der Waals surface area contributed by atoms with Gasteiger partial charge in [-0.2, -0.15) is 4.98 Å². The molecule has 0 radical (unpaired) electrons. The molecule has 2 heterocycles. The Morgan fingerprint density at radius 2 is 2.03 bits per heavy atom. The number of amides is 2. The summed E-state index contributed by atoms with van der Waals surface area (Å²) in [5.41, 5.74) is 0.915. The van der Waals surface area contributed by atoms with Crippen LogP contribution in [0.25, 0.3) is 11.4 Å². The van der Waals surface area contributed by atoms with Crippen molar-refractivity contribution in [3.63, 3.8) is 0 Å². The quantitative estimate of drug-likeness (QED) is 0.853. The largest absolute Gasteiger partial charge is 0.356 e. The molecular formula is C22H30N4O3. The van der Waals surface area contributed by atoms with Crippen molar-refractivity contribution in [3.05, 3.63) is 36.2 Å². The highest BCUT2D eigenvalue weighted by atomic mass is 16.5. The van der Waals surface area contributed by atoms with E-state index in [4.69, 9.17) is 4.52 Å². The summed E-state index contributed by atoms with van der Waals surface area (Å²) in [5.74, 6) is 1.62. The molecule has 0 spiro atoms. The van der Waals surface area contributed by atoms with E-state index in [1.807, 2.05) is 49.1 Å². The van der Waals surface area contributed by atoms with Gasteiger partial charge in [0.15, 0.2) is 0 Å². The second kappa shape index (κ2) is 10.2. The van der Waals surface area contributed by atoms with Crippen molar-refractivity contribution in [1.29, 1.82) is 0 Å². The van der Waals surface area contributed by atoms with E-state index in [1.165, 1.54) is 0 Å². The number of carbonyl (C=O) groups is 2. The van der Waals surface area contributed by atoms with Gasteiger partial charge in [0.25, 0.3) is 0 Å². The maximum atomic E-state index is 12.5. The smallest absolute Gasteiger partial charge is 0.230 e. The molecule has 1 aromatic heterocycles. The van der Waals surface area contributed by atoms with Crippen LogP contribution in [0.2, 0.25) is 0 Å². The molecular weight excluding hydrogens is 368 g/mol. The molecule has 1 atom stereocenters. The molecule has 0 aliphatic carbocycles. The van der Waals surface area contributed by atoms with E-state index in [0.29, 0.717) is 50.1 Å². The number of aromatic nitrogens is 2. The molecule has 1 aliphatic heterocycles. The molecule has 1 saturated heterocycles. The Balaban J connectivity index is 1.69. The normalized spacial score (nSPS) is 18.9. The van der Waals surface area contributed by atoms with Gasteiger partial charge in [-0.15, -0.1) is 0 Å². The van der Waals surface area contributed by atoms with Gasteiger partial charge in [0, 0.05) is 44.0 Å². The summed E-state index contributed by atoms with van der Waals surface area (Å²) in [5, 5.41) is 7.08. The van der Waals surface area contributed by atoms with E-state index in [0.717, 1.165) is 24.8 Å². The molecule has 29 heavy (non-hydrogen) atoms. The van der Waals surface area contributed by atoms with Gasteiger partial charge in [0.1, 0.15) is 0 Å². The fourth-order valence-corrected chi connectivity index (χ4v) is 3.58. The Kier molecular flexibility index (Phi) is 7.38. The van der Waals surface area contributed by atoms with Crippen LogP contribution in [0.5, 0.6) is 0 Å². The Morgan fingerprint density at radius 3 is 2.79 bits per heavy atom. The number of hydrogen-bond donors (Lipinski definition) is 1. The van der Waals surface area contributed by atoms with E-state index >= 15 is 0 Å². The summed E-state index contributed by atoms with van der Waals surface area (Å²) >= 11 is 0. The summed E-state index contributed by atoms with van der Waals surface area (Å²) in [6, 6.07) is 9.73. The summed E-state index contributed by atoms with van der Waals surface area (Å²) in [4.78, 5) is 31.1. The highest BCUT2D eigenvalue weighted by Gasteiger charge is 2.23. The fraction of sp³-hybridized carbons (Fsp3) is 0.545. The van der Waals surface area contributed by atoms with Gasteiger partial charge in [-0.3, -0.25) is 9.59 Å². The second-order valence-electron chi connectivity index (χ2n) is 8.03. The molecule has 3 rings (SSSR count). The zero-order valence-corrected chi connectivity index (χ0v) is 17.3. The monoisotopic (exact) mass is 398 g/mol. The van der Waals surface area contributed by atoms with Crippen LogP contribution >= 0.6 is 0 Å². The van der Waals surface area contributed by atoms with Crippen LogP contribution in [0.1, 0.15) is 57.8 Å². The lowest BCUT2D eigenvalue weighted by molar-refractivity contribution is -0.132. The molecule has 7 heteroatoms. The molecule has 0 bridgehead atoms. The van der Waals surface area contributed by atoms with Crippen molar-refractivity contribution in [2.75, 3.05) is 19.6 Å². The molecule has 1 aromatic carbocycles. The topological polar surface area (TPSA) is 88.3 Å². The number of hydrogen-bond acceptors (Lipinski definition) is 5. The first-order chi connectivity index (χ1) is 14.0. The van der Waals surface area contributed by atoms with Gasteiger partial charge in [0.2, 0.25) is 23.5 Å². The van der Waals surface area contributed by atoms with E-state index in [9.17, 15) is 9.59 Å².